The zero-order valence-electron chi connectivity index (χ0n) is 25.0. The number of carbonyl (C=O) groups is 2. The highest BCUT2D eigenvalue weighted by atomic mass is 16.7. The van der Waals surface area contributed by atoms with Gasteiger partial charge in [-0.15, -0.1) is 0 Å². The van der Waals surface area contributed by atoms with E-state index < -0.39 is 29.4 Å². The third kappa shape index (κ3) is 7.74. The summed E-state index contributed by atoms with van der Waals surface area (Å²) < 4.78 is 26.9. The van der Waals surface area contributed by atoms with Crippen LogP contribution in [0.3, 0.4) is 0 Å². The molecule has 0 aliphatic heterocycles. The average molecular weight is 605 g/mol. The Kier molecular flexibility index (Phi) is 11.0. The summed E-state index contributed by atoms with van der Waals surface area (Å²) in [5.74, 6) is -0.382. The topological polar surface area (TPSA) is 146 Å². The molecule has 0 spiro atoms. The number of aliphatic hydroxyl groups excluding tert-OH is 1. The number of rotatable bonds is 14. The lowest BCUT2D eigenvalue weighted by molar-refractivity contribution is -0.130. The Bertz CT molecular complexity index is 1640. The quantitative estimate of drug-likeness (QED) is 0.185. The summed E-state index contributed by atoms with van der Waals surface area (Å²) in [6.45, 7) is 1.67. The fourth-order valence-corrected chi connectivity index (χ4v) is 4.66. The summed E-state index contributed by atoms with van der Waals surface area (Å²) >= 11 is 0. The highest BCUT2D eigenvalue weighted by Gasteiger charge is 2.30. The number of carbonyl (C=O) groups excluding carboxylic acids is 2. The van der Waals surface area contributed by atoms with Gasteiger partial charge in [-0.2, -0.15) is 0 Å². The lowest BCUT2D eigenvalue weighted by Crippen LogP contribution is -2.52. The Morgan fingerprint density at radius 1 is 0.932 bits per heavy atom. The first-order chi connectivity index (χ1) is 21.2. The maximum Gasteiger partial charge on any atom is 0.287 e. The van der Waals surface area contributed by atoms with Gasteiger partial charge in [-0.3, -0.25) is 14.4 Å². The Labute approximate surface area is 254 Å². The van der Waals surface area contributed by atoms with Gasteiger partial charge in [-0.1, -0.05) is 42.5 Å². The van der Waals surface area contributed by atoms with Crippen LogP contribution in [-0.2, 0) is 22.4 Å². The number of benzene rings is 3. The number of hydrogen-bond acceptors (Lipinski definition) is 9. The molecule has 4 rings (SSSR count). The van der Waals surface area contributed by atoms with Gasteiger partial charge in [0.2, 0.25) is 0 Å². The molecule has 3 aromatic carbocycles. The normalized spacial score (nSPS) is 12.3. The summed E-state index contributed by atoms with van der Waals surface area (Å²) in [6, 6.07) is 18.4. The smallest absolute Gasteiger partial charge is 0.287 e. The molecule has 3 N–H and O–H groups in total. The van der Waals surface area contributed by atoms with Crippen LogP contribution in [0.15, 0.2) is 75.9 Å². The third-order valence-electron chi connectivity index (χ3n) is 7.08. The predicted molar refractivity (Wildman–Crippen MR) is 163 cm³/mol. The van der Waals surface area contributed by atoms with Gasteiger partial charge in [-0.25, -0.2) is 0 Å². The average Bonchev–Trinajstić information content (AvgIpc) is 3.05. The Hall–Kier alpha value is -4.87. The molecule has 44 heavy (non-hydrogen) atoms. The minimum Gasteiger partial charge on any atom is -0.497 e. The van der Waals surface area contributed by atoms with Crippen LogP contribution in [0.4, 0.5) is 0 Å². The van der Waals surface area contributed by atoms with Crippen molar-refractivity contribution in [2.75, 3.05) is 34.7 Å². The molecule has 0 aliphatic carbocycles. The highest BCUT2D eigenvalue weighted by molar-refractivity contribution is 5.96. The molecule has 0 unspecified atom stereocenters. The summed E-state index contributed by atoms with van der Waals surface area (Å²) in [5, 5.41) is 16.7. The molecule has 0 aliphatic rings. The molecular weight excluding hydrogens is 568 g/mol. The van der Waals surface area contributed by atoms with E-state index in [4.69, 9.17) is 23.4 Å². The molecule has 0 bridgehead atoms. The van der Waals surface area contributed by atoms with Gasteiger partial charge in [-0.05, 0) is 49.1 Å². The number of fused-ring (bicyclic) bond motifs is 1. The number of amides is 2. The van der Waals surface area contributed by atoms with Gasteiger partial charge >= 0.3 is 0 Å². The zero-order chi connectivity index (χ0) is 31.6. The summed E-state index contributed by atoms with van der Waals surface area (Å²) in [4.78, 5) is 39.8. The van der Waals surface area contributed by atoms with Crippen LogP contribution in [0, 0.1) is 6.92 Å². The van der Waals surface area contributed by atoms with Crippen molar-refractivity contribution >= 4 is 22.8 Å². The molecular formula is C33H36N2O9. The monoisotopic (exact) mass is 604 g/mol. The Balaban J connectivity index is 1.55. The van der Waals surface area contributed by atoms with Crippen molar-refractivity contribution in [2.45, 2.75) is 31.9 Å². The first-order valence-electron chi connectivity index (χ1n) is 14.0. The van der Waals surface area contributed by atoms with E-state index in [2.05, 4.69) is 10.6 Å². The first-order valence-corrected chi connectivity index (χ1v) is 14.0. The molecule has 0 saturated carbocycles. The summed E-state index contributed by atoms with van der Waals surface area (Å²) in [5.41, 5.74) is 1.47. The van der Waals surface area contributed by atoms with E-state index in [9.17, 15) is 19.5 Å². The van der Waals surface area contributed by atoms with Gasteiger partial charge in [0, 0.05) is 25.3 Å². The van der Waals surface area contributed by atoms with Crippen LogP contribution in [-0.4, -0.2) is 63.7 Å². The lowest BCUT2D eigenvalue weighted by Gasteiger charge is -2.24. The van der Waals surface area contributed by atoms with E-state index in [0.717, 1.165) is 16.9 Å². The maximum absolute atomic E-state index is 13.5. The minimum absolute atomic E-state index is 0.0507. The van der Waals surface area contributed by atoms with Crippen LogP contribution >= 0.6 is 0 Å². The van der Waals surface area contributed by atoms with E-state index in [0.29, 0.717) is 6.42 Å². The number of methoxy groups -OCH3 is 3. The Morgan fingerprint density at radius 2 is 1.66 bits per heavy atom. The van der Waals surface area contributed by atoms with Crippen molar-refractivity contribution in [3.63, 3.8) is 0 Å². The second-order valence-corrected chi connectivity index (χ2v) is 10.0. The van der Waals surface area contributed by atoms with Gasteiger partial charge in [0.25, 0.3) is 11.8 Å². The molecule has 0 radical (unpaired) electrons. The van der Waals surface area contributed by atoms with Crippen molar-refractivity contribution in [1.82, 2.24) is 10.6 Å². The second-order valence-electron chi connectivity index (χ2n) is 10.0. The van der Waals surface area contributed by atoms with E-state index in [-0.39, 0.29) is 53.6 Å². The highest BCUT2D eigenvalue weighted by Crippen LogP contribution is 2.32. The fourth-order valence-electron chi connectivity index (χ4n) is 4.66. The first kappa shape index (κ1) is 32.1. The zero-order valence-corrected chi connectivity index (χ0v) is 25.0. The molecule has 4 aromatic rings. The second kappa shape index (κ2) is 15.0. The van der Waals surface area contributed by atoms with Crippen molar-refractivity contribution in [3.05, 3.63) is 99.4 Å². The molecule has 11 heteroatoms. The van der Waals surface area contributed by atoms with Crippen molar-refractivity contribution in [3.8, 4) is 17.2 Å². The van der Waals surface area contributed by atoms with Gasteiger partial charge in [0.1, 0.15) is 11.3 Å². The van der Waals surface area contributed by atoms with E-state index in [1.165, 1.54) is 33.3 Å². The van der Waals surface area contributed by atoms with Gasteiger partial charge in [0.15, 0.2) is 35.6 Å². The van der Waals surface area contributed by atoms with E-state index in [1.54, 1.807) is 7.11 Å². The van der Waals surface area contributed by atoms with E-state index in [1.807, 2.05) is 54.6 Å². The Morgan fingerprint density at radius 3 is 2.32 bits per heavy atom. The number of hydrogen-bond donors (Lipinski definition) is 3. The van der Waals surface area contributed by atoms with Crippen molar-refractivity contribution in [2.24, 2.45) is 0 Å². The molecule has 2 amide bonds. The molecule has 1 aromatic heterocycles. The molecule has 2 atom stereocenters. The van der Waals surface area contributed by atoms with Crippen molar-refractivity contribution < 1.29 is 38.1 Å². The molecule has 1 heterocycles. The number of nitrogens with one attached hydrogen (secondary N) is 2. The third-order valence-corrected chi connectivity index (χ3v) is 7.08. The number of aliphatic hydroxyl groups is 1. The van der Waals surface area contributed by atoms with Crippen LogP contribution < -0.4 is 30.3 Å². The minimum atomic E-state index is -1.59. The fraction of sp³-hybridized carbons (Fsp3) is 0.303. The largest absolute Gasteiger partial charge is 0.497 e. The maximum atomic E-state index is 13.5. The van der Waals surface area contributed by atoms with E-state index >= 15 is 0 Å². The van der Waals surface area contributed by atoms with Crippen LogP contribution in [0.1, 0.15) is 27.2 Å². The van der Waals surface area contributed by atoms with Crippen LogP contribution in [0.5, 0.6) is 17.2 Å². The van der Waals surface area contributed by atoms with Crippen molar-refractivity contribution in [1.29, 1.82) is 0 Å². The van der Waals surface area contributed by atoms with Crippen LogP contribution in [0.2, 0.25) is 0 Å². The standard InChI is InChI=1S/C33H36N2O9/c1-20-29(36)24-17-28(43-19-40-2)27(42-4)18-26(24)44-31(20)33(39)35-25(16-22-8-6-5-7-9-22)30(37)32(38)34-15-14-21-10-12-23(41-3)13-11-21/h5-13,17-18,25,30,37H,14-16,19H2,1-4H3,(H,34,38)(H,35,39)/t25-,30+/m0/s1. The molecule has 232 valence electrons. The summed E-state index contributed by atoms with van der Waals surface area (Å²) in [6.07, 6.45) is -0.922. The summed E-state index contributed by atoms with van der Waals surface area (Å²) in [7, 11) is 4.48. The SMILES string of the molecule is COCOc1cc2c(=O)c(C)c(C(=O)N[C@@H](Cc3ccccc3)[C@@H](O)C(=O)NCCc3ccc(OC)cc3)oc2cc1OC. The molecule has 0 saturated heterocycles. The lowest BCUT2D eigenvalue weighted by atomic mass is 10.00. The van der Waals surface area contributed by atoms with Gasteiger partial charge < -0.3 is 39.1 Å². The molecule has 0 fully saturated rings. The van der Waals surface area contributed by atoms with Crippen LogP contribution in [0.25, 0.3) is 11.0 Å². The van der Waals surface area contributed by atoms with Gasteiger partial charge in [0.05, 0.1) is 25.6 Å². The molecule has 11 nitrogen and oxygen atoms in total. The predicted octanol–water partition coefficient (Wildman–Crippen LogP) is 3.16. The number of ether oxygens (including phenoxy) is 4.